The summed E-state index contributed by atoms with van der Waals surface area (Å²) in [7, 11) is 1.63. The van der Waals surface area contributed by atoms with Gasteiger partial charge in [0.2, 0.25) is 0 Å². The van der Waals surface area contributed by atoms with Crippen molar-refractivity contribution in [2.45, 2.75) is 12.7 Å². The zero-order chi connectivity index (χ0) is 14.4. The van der Waals surface area contributed by atoms with Gasteiger partial charge in [0, 0.05) is 10.9 Å². The summed E-state index contributed by atoms with van der Waals surface area (Å²) in [5, 5.41) is 0.546. The van der Waals surface area contributed by atoms with E-state index in [9.17, 15) is 4.39 Å². The molecule has 2 rings (SSSR count). The highest BCUT2D eigenvalue weighted by atomic mass is 79.9. The molecule has 0 spiro atoms. The minimum Gasteiger partial charge on any atom is -0.497 e. The van der Waals surface area contributed by atoms with Gasteiger partial charge in [0.25, 0.3) is 0 Å². The Morgan fingerprint density at radius 3 is 2.40 bits per heavy atom. The van der Waals surface area contributed by atoms with E-state index in [0.717, 1.165) is 11.3 Å². The second-order valence-corrected chi connectivity index (χ2v) is 4.97. The van der Waals surface area contributed by atoms with Crippen molar-refractivity contribution in [3.63, 3.8) is 0 Å². The topological polar surface area (TPSA) is 18.5 Å². The highest BCUT2D eigenvalue weighted by Crippen LogP contribution is 2.24. The fraction of sp³-hybridized carbons (Fsp3) is 0.250. The SMILES string of the molecule is COc1ccc(COC(CBr)c2ccccc2F)cc1. The van der Waals surface area contributed by atoms with Crippen LogP contribution in [-0.4, -0.2) is 12.4 Å². The predicted octanol–water partition coefficient (Wildman–Crippen LogP) is 4.49. The number of alkyl halides is 1. The summed E-state index contributed by atoms with van der Waals surface area (Å²) in [5.74, 6) is 0.562. The standard InChI is InChI=1S/C16H16BrFO2/c1-19-13-8-6-12(7-9-13)11-20-16(10-17)14-4-2-3-5-15(14)18/h2-9,16H,10-11H2,1H3. The van der Waals surface area contributed by atoms with E-state index in [1.54, 1.807) is 19.2 Å². The Morgan fingerprint density at radius 2 is 1.80 bits per heavy atom. The van der Waals surface area contributed by atoms with Crippen molar-refractivity contribution in [3.8, 4) is 5.75 Å². The number of benzene rings is 2. The number of ether oxygens (including phenoxy) is 2. The van der Waals surface area contributed by atoms with Crippen LogP contribution >= 0.6 is 15.9 Å². The molecule has 0 aromatic heterocycles. The van der Waals surface area contributed by atoms with Gasteiger partial charge in [-0.1, -0.05) is 46.3 Å². The van der Waals surface area contributed by atoms with Crippen LogP contribution in [0.4, 0.5) is 4.39 Å². The maximum absolute atomic E-state index is 13.7. The van der Waals surface area contributed by atoms with Crippen LogP contribution < -0.4 is 4.74 Å². The molecule has 0 saturated carbocycles. The fourth-order valence-corrected chi connectivity index (χ4v) is 2.41. The zero-order valence-electron chi connectivity index (χ0n) is 11.2. The van der Waals surface area contributed by atoms with Crippen LogP contribution in [0.2, 0.25) is 0 Å². The Morgan fingerprint density at radius 1 is 1.10 bits per heavy atom. The van der Waals surface area contributed by atoms with Gasteiger partial charge < -0.3 is 9.47 Å². The first-order valence-electron chi connectivity index (χ1n) is 6.29. The summed E-state index contributed by atoms with van der Waals surface area (Å²) in [6.45, 7) is 0.425. The Balaban J connectivity index is 2.02. The molecule has 2 nitrogen and oxygen atoms in total. The molecule has 2 aromatic carbocycles. The summed E-state index contributed by atoms with van der Waals surface area (Å²) in [5.41, 5.74) is 1.59. The molecule has 0 aliphatic carbocycles. The van der Waals surface area contributed by atoms with Crippen molar-refractivity contribution in [2.24, 2.45) is 0 Å². The number of halogens is 2. The first-order valence-corrected chi connectivity index (χ1v) is 7.41. The van der Waals surface area contributed by atoms with E-state index in [0.29, 0.717) is 17.5 Å². The molecule has 20 heavy (non-hydrogen) atoms. The van der Waals surface area contributed by atoms with E-state index < -0.39 is 0 Å². The average molecular weight is 339 g/mol. The van der Waals surface area contributed by atoms with Crippen LogP contribution in [0.3, 0.4) is 0 Å². The van der Waals surface area contributed by atoms with E-state index >= 15 is 0 Å². The molecule has 0 bridgehead atoms. The second kappa shape index (κ2) is 7.41. The van der Waals surface area contributed by atoms with Crippen molar-refractivity contribution in [2.75, 3.05) is 12.4 Å². The molecule has 0 amide bonds. The van der Waals surface area contributed by atoms with Crippen LogP contribution in [0.15, 0.2) is 48.5 Å². The van der Waals surface area contributed by atoms with Gasteiger partial charge in [-0.05, 0) is 23.8 Å². The summed E-state index contributed by atoms with van der Waals surface area (Å²) in [6.07, 6.45) is -0.307. The zero-order valence-corrected chi connectivity index (χ0v) is 12.8. The molecule has 0 N–H and O–H groups in total. The molecule has 0 fully saturated rings. The van der Waals surface area contributed by atoms with E-state index in [1.165, 1.54) is 6.07 Å². The highest BCUT2D eigenvalue weighted by Gasteiger charge is 2.14. The molecule has 1 atom stereocenters. The smallest absolute Gasteiger partial charge is 0.129 e. The Kier molecular flexibility index (Phi) is 5.56. The Bertz CT molecular complexity index is 542. The average Bonchev–Trinajstić information content (AvgIpc) is 2.50. The van der Waals surface area contributed by atoms with E-state index in [2.05, 4.69) is 15.9 Å². The lowest BCUT2D eigenvalue weighted by atomic mass is 10.1. The van der Waals surface area contributed by atoms with Crippen molar-refractivity contribution < 1.29 is 13.9 Å². The minimum absolute atomic E-state index is 0.244. The van der Waals surface area contributed by atoms with Gasteiger partial charge in [-0.3, -0.25) is 0 Å². The molecule has 1 unspecified atom stereocenters. The lowest BCUT2D eigenvalue weighted by Crippen LogP contribution is -2.08. The molecule has 0 heterocycles. The van der Waals surface area contributed by atoms with Crippen LogP contribution in [0.5, 0.6) is 5.75 Å². The number of hydrogen-bond donors (Lipinski definition) is 0. The second-order valence-electron chi connectivity index (χ2n) is 4.32. The van der Waals surface area contributed by atoms with Crippen LogP contribution in [0.25, 0.3) is 0 Å². The van der Waals surface area contributed by atoms with E-state index in [-0.39, 0.29) is 11.9 Å². The Hall–Kier alpha value is -1.39. The van der Waals surface area contributed by atoms with Crippen molar-refractivity contribution in [1.29, 1.82) is 0 Å². The highest BCUT2D eigenvalue weighted by molar-refractivity contribution is 9.09. The molecule has 4 heteroatoms. The van der Waals surface area contributed by atoms with E-state index in [1.807, 2.05) is 30.3 Å². The predicted molar refractivity (Wildman–Crippen MR) is 80.7 cm³/mol. The molecular formula is C16H16BrFO2. The monoisotopic (exact) mass is 338 g/mol. The van der Waals surface area contributed by atoms with E-state index in [4.69, 9.17) is 9.47 Å². The van der Waals surface area contributed by atoms with Crippen LogP contribution in [-0.2, 0) is 11.3 Å². The largest absolute Gasteiger partial charge is 0.497 e. The lowest BCUT2D eigenvalue weighted by molar-refractivity contribution is 0.0542. The number of hydrogen-bond acceptors (Lipinski definition) is 2. The third kappa shape index (κ3) is 3.81. The summed E-state index contributed by atoms with van der Waals surface area (Å²) in [6, 6.07) is 14.3. The summed E-state index contributed by atoms with van der Waals surface area (Å²) in [4.78, 5) is 0. The molecule has 0 saturated heterocycles. The van der Waals surface area contributed by atoms with Gasteiger partial charge >= 0.3 is 0 Å². The molecular weight excluding hydrogens is 323 g/mol. The molecule has 0 aliphatic heterocycles. The minimum atomic E-state index is -0.307. The maximum Gasteiger partial charge on any atom is 0.129 e. The summed E-state index contributed by atoms with van der Waals surface area (Å²) < 4.78 is 24.6. The number of methoxy groups -OCH3 is 1. The summed E-state index contributed by atoms with van der Waals surface area (Å²) >= 11 is 3.37. The first kappa shape index (κ1) is 15.0. The van der Waals surface area contributed by atoms with Gasteiger partial charge in [-0.2, -0.15) is 0 Å². The quantitative estimate of drug-likeness (QED) is 0.722. The third-order valence-corrected chi connectivity index (χ3v) is 3.59. The number of rotatable bonds is 6. The Labute approximate surface area is 126 Å². The van der Waals surface area contributed by atoms with Crippen molar-refractivity contribution >= 4 is 15.9 Å². The van der Waals surface area contributed by atoms with Crippen molar-refractivity contribution in [1.82, 2.24) is 0 Å². The van der Waals surface area contributed by atoms with Crippen LogP contribution in [0, 0.1) is 5.82 Å². The molecule has 0 aliphatic rings. The van der Waals surface area contributed by atoms with Gasteiger partial charge in [-0.15, -0.1) is 0 Å². The third-order valence-electron chi connectivity index (χ3n) is 3.00. The van der Waals surface area contributed by atoms with Gasteiger partial charge in [-0.25, -0.2) is 4.39 Å². The molecule has 0 radical (unpaired) electrons. The molecule has 106 valence electrons. The first-order chi connectivity index (χ1) is 9.74. The van der Waals surface area contributed by atoms with Crippen LogP contribution in [0.1, 0.15) is 17.2 Å². The fourth-order valence-electron chi connectivity index (χ4n) is 1.87. The normalized spacial score (nSPS) is 12.2. The van der Waals surface area contributed by atoms with Crippen molar-refractivity contribution in [3.05, 3.63) is 65.5 Å². The lowest BCUT2D eigenvalue weighted by Gasteiger charge is -2.16. The van der Waals surface area contributed by atoms with Gasteiger partial charge in [0.1, 0.15) is 11.6 Å². The maximum atomic E-state index is 13.7. The molecule has 2 aromatic rings. The van der Waals surface area contributed by atoms with Gasteiger partial charge in [0.15, 0.2) is 0 Å². The van der Waals surface area contributed by atoms with Gasteiger partial charge in [0.05, 0.1) is 19.8 Å².